The monoisotopic (exact) mass is 508 g/mol. The third-order valence-corrected chi connectivity index (χ3v) is 7.49. The van der Waals surface area contributed by atoms with Gasteiger partial charge in [-0.05, 0) is 62.2 Å². The van der Waals surface area contributed by atoms with Gasteiger partial charge in [-0.25, -0.2) is 18.0 Å². The first-order valence-corrected chi connectivity index (χ1v) is 12.6. The second-order valence-electron chi connectivity index (χ2n) is 7.53. The fourth-order valence-electron chi connectivity index (χ4n) is 3.39. The summed E-state index contributed by atoms with van der Waals surface area (Å²) in [4.78, 5) is 36.1. The first-order valence-electron chi connectivity index (χ1n) is 10.8. The number of rotatable bonds is 8. The van der Waals surface area contributed by atoms with Gasteiger partial charge in [-0.15, -0.1) is 0 Å². The fourth-order valence-corrected chi connectivity index (χ4v) is 5.41. The summed E-state index contributed by atoms with van der Waals surface area (Å²) in [5, 5.41) is 2.55. The standard InChI is InChI=1S/C23H25ClN2O7S/c1-2-32-22(28)16-6-9-18(10-7-16)25-21(27)15-33-23(29)17-8-11-19(24)20(14-17)34(30,31)26-12-4-3-5-13-26/h6-11,14H,2-5,12-13,15H2,1H3,(H,25,27). The Labute approximate surface area is 203 Å². The summed E-state index contributed by atoms with van der Waals surface area (Å²) in [6.45, 7) is 2.16. The molecule has 9 nitrogen and oxygen atoms in total. The van der Waals surface area contributed by atoms with Gasteiger partial charge >= 0.3 is 11.9 Å². The highest BCUT2D eigenvalue weighted by molar-refractivity contribution is 7.89. The van der Waals surface area contributed by atoms with Crippen molar-refractivity contribution >= 4 is 45.2 Å². The molecule has 3 rings (SSSR count). The zero-order chi connectivity index (χ0) is 24.7. The van der Waals surface area contributed by atoms with E-state index in [-0.39, 0.29) is 22.1 Å². The first kappa shape index (κ1) is 25.7. The van der Waals surface area contributed by atoms with Gasteiger partial charge in [-0.1, -0.05) is 18.0 Å². The number of ether oxygens (including phenoxy) is 2. The van der Waals surface area contributed by atoms with E-state index in [2.05, 4.69) is 5.32 Å². The van der Waals surface area contributed by atoms with E-state index < -0.39 is 34.5 Å². The van der Waals surface area contributed by atoms with Crippen molar-refractivity contribution in [2.75, 3.05) is 31.6 Å². The van der Waals surface area contributed by atoms with Crippen LogP contribution in [0.15, 0.2) is 47.4 Å². The van der Waals surface area contributed by atoms with Crippen LogP contribution in [-0.2, 0) is 24.3 Å². The van der Waals surface area contributed by atoms with Gasteiger partial charge in [-0.2, -0.15) is 4.31 Å². The smallest absolute Gasteiger partial charge is 0.338 e. The Kier molecular flexibility index (Phi) is 8.65. The second-order valence-corrected chi connectivity index (χ2v) is 9.85. The maximum absolute atomic E-state index is 13.0. The molecule has 2 aromatic rings. The number of esters is 2. The number of carbonyl (C=O) groups excluding carboxylic acids is 3. The van der Waals surface area contributed by atoms with Crippen molar-refractivity contribution in [1.29, 1.82) is 0 Å². The Morgan fingerprint density at radius 2 is 1.56 bits per heavy atom. The number of hydrogen-bond donors (Lipinski definition) is 1. The number of carbonyl (C=O) groups is 3. The Morgan fingerprint density at radius 1 is 0.941 bits per heavy atom. The average molecular weight is 509 g/mol. The van der Waals surface area contributed by atoms with Gasteiger partial charge in [0.1, 0.15) is 4.90 Å². The second kappa shape index (κ2) is 11.5. The number of nitrogens with one attached hydrogen (secondary N) is 1. The van der Waals surface area contributed by atoms with E-state index >= 15 is 0 Å². The number of hydrogen-bond acceptors (Lipinski definition) is 7. The fraction of sp³-hybridized carbons (Fsp3) is 0.348. The molecule has 11 heteroatoms. The summed E-state index contributed by atoms with van der Waals surface area (Å²) in [6, 6.07) is 9.85. The predicted octanol–water partition coefficient (Wildman–Crippen LogP) is 3.49. The molecule has 1 aliphatic rings. The summed E-state index contributed by atoms with van der Waals surface area (Å²) in [7, 11) is -3.85. The molecule has 0 radical (unpaired) electrons. The molecule has 1 saturated heterocycles. The van der Waals surface area contributed by atoms with E-state index in [0.717, 1.165) is 19.3 Å². The molecular weight excluding hydrogens is 484 g/mol. The molecule has 0 aromatic heterocycles. The van der Waals surface area contributed by atoms with Crippen LogP contribution in [0.1, 0.15) is 46.9 Å². The molecule has 1 amide bonds. The van der Waals surface area contributed by atoms with Crippen LogP contribution >= 0.6 is 11.6 Å². The Hall–Kier alpha value is -2.95. The quantitative estimate of drug-likeness (QED) is 0.542. The molecule has 1 heterocycles. The minimum atomic E-state index is -3.85. The minimum Gasteiger partial charge on any atom is -0.462 e. The zero-order valence-corrected chi connectivity index (χ0v) is 20.2. The van der Waals surface area contributed by atoms with Crippen molar-refractivity contribution in [1.82, 2.24) is 4.31 Å². The Balaban J connectivity index is 1.61. The highest BCUT2D eigenvalue weighted by Gasteiger charge is 2.29. The maximum Gasteiger partial charge on any atom is 0.338 e. The largest absolute Gasteiger partial charge is 0.462 e. The van der Waals surface area contributed by atoms with Crippen molar-refractivity contribution in [2.24, 2.45) is 0 Å². The van der Waals surface area contributed by atoms with Crippen molar-refractivity contribution in [2.45, 2.75) is 31.1 Å². The van der Waals surface area contributed by atoms with Crippen LogP contribution in [0.3, 0.4) is 0 Å². The minimum absolute atomic E-state index is 0.00568. The van der Waals surface area contributed by atoms with Gasteiger partial charge < -0.3 is 14.8 Å². The number of amides is 1. The van der Waals surface area contributed by atoms with Crippen molar-refractivity contribution in [3.8, 4) is 0 Å². The molecular formula is C23H25ClN2O7S. The van der Waals surface area contributed by atoms with Gasteiger partial charge in [0.05, 0.1) is 22.8 Å². The lowest BCUT2D eigenvalue weighted by molar-refractivity contribution is -0.119. The van der Waals surface area contributed by atoms with Gasteiger partial charge in [0.25, 0.3) is 5.91 Å². The Morgan fingerprint density at radius 3 is 2.21 bits per heavy atom. The molecule has 1 N–H and O–H groups in total. The first-order chi connectivity index (χ1) is 16.2. The molecule has 34 heavy (non-hydrogen) atoms. The van der Waals surface area contributed by atoms with Gasteiger partial charge in [0, 0.05) is 18.8 Å². The lowest BCUT2D eigenvalue weighted by Crippen LogP contribution is -2.35. The molecule has 0 atom stereocenters. The third kappa shape index (κ3) is 6.34. The molecule has 182 valence electrons. The number of sulfonamides is 1. The lowest BCUT2D eigenvalue weighted by atomic mass is 10.2. The summed E-state index contributed by atoms with van der Waals surface area (Å²) < 4.78 is 37.2. The SMILES string of the molecule is CCOC(=O)c1ccc(NC(=O)COC(=O)c2ccc(Cl)c(S(=O)(=O)N3CCCCC3)c2)cc1. The molecule has 0 aliphatic carbocycles. The molecule has 1 fully saturated rings. The number of nitrogens with zero attached hydrogens (tertiary/aromatic N) is 1. The normalized spacial score (nSPS) is 14.3. The Bertz CT molecular complexity index is 1160. The highest BCUT2D eigenvalue weighted by Crippen LogP contribution is 2.28. The van der Waals surface area contributed by atoms with Gasteiger partial charge in [-0.3, -0.25) is 4.79 Å². The zero-order valence-electron chi connectivity index (χ0n) is 18.6. The summed E-state index contributed by atoms with van der Waals surface area (Å²) in [6.07, 6.45) is 2.49. The van der Waals surface area contributed by atoms with Crippen LogP contribution in [0, 0.1) is 0 Å². The molecule has 0 bridgehead atoms. The summed E-state index contributed by atoms with van der Waals surface area (Å²) in [5.74, 6) is -1.94. The van der Waals surface area contributed by atoms with E-state index in [4.69, 9.17) is 21.1 Å². The van der Waals surface area contributed by atoms with Crippen LogP contribution in [0.25, 0.3) is 0 Å². The van der Waals surface area contributed by atoms with Crippen LogP contribution in [-0.4, -0.2) is 56.9 Å². The van der Waals surface area contributed by atoms with Crippen molar-refractivity contribution in [3.05, 3.63) is 58.6 Å². The topological polar surface area (TPSA) is 119 Å². The molecule has 0 spiro atoms. The molecule has 2 aromatic carbocycles. The molecule has 0 unspecified atom stereocenters. The number of piperidine rings is 1. The third-order valence-electron chi connectivity index (χ3n) is 5.11. The lowest BCUT2D eigenvalue weighted by Gasteiger charge is -2.26. The molecule has 1 aliphatic heterocycles. The maximum atomic E-state index is 13.0. The number of halogens is 1. The van der Waals surface area contributed by atoms with Crippen molar-refractivity contribution in [3.63, 3.8) is 0 Å². The van der Waals surface area contributed by atoms with Crippen LogP contribution in [0.4, 0.5) is 5.69 Å². The summed E-state index contributed by atoms with van der Waals surface area (Å²) in [5.41, 5.74) is 0.700. The van der Waals surface area contributed by atoms with E-state index in [0.29, 0.717) is 24.3 Å². The van der Waals surface area contributed by atoms with E-state index in [9.17, 15) is 22.8 Å². The van der Waals surface area contributed by atoms with Crippen LogP contribution in [0.5, 0.6) is 0 Å². The number of benzene rings is 2. The molecule has 0 saturated carbocycles. The van der Waals surface area contributed by atoms with Gasteiger partial charge in [0.15, 0.2) is 6.61 Å². The van der Waals surface area contributed by atoms with Crippen LogP contribution < -0.4 is 5.32 Å². The van der Waals surface area contributed by atoms with E-state index in [1.165, 1.54) is 46.8 Å². The highest BCUT2D eigenvalue weighted by atomic mass is 35.5. The number of anilines is 1. The van der Waals surface area contributed by atoms with E-state index in [1.54, 1.807) is 6.92 Å². The summed E-state index contributed by atoms with van der Waals surface area (Å²) >= 11 is 6.12. The van der Waals surface area contributed by atoms with E-state index in [1.807, 2.05) is 0 Å². The van der Waals surface area contributed by atoms with Crippen LogP contribution in [0.2, 0.25) is 5.02 Å². The van der Waals surface area contributed by atoms with Crippen molar-refractivity contribution < 1.29 is 32.3 Å². The predicted molar refractivity (Wildman–Crippen MR) is 125 cm³/mol. The average Bonchev–Trinajstić information content (AvgIpc) is 2.84. The van der Waals surface area contributed by atoms with Gasteiger partial charge in [0.2, 0.25) is 10.0 Å².